The molecule has 0 saturated carbocycles. The number of halogens is 2. The number of rotatable bonds is 7. The van der Waals surface area contributed by atoms with Gasteiger partial charge >= 0.3 is 0 Å². The van der Waals surface area contributed by atoms with Crippen LogP contribution in [-0.2, 0) is 25.9 Å². The number of sulfone groups is 1. The Hall–Kier alpha value is -3.02. The zero-order valence-corrected chi connectivity index (χ0v) is 20.7. The van der Waals surface area contributed by atoms with Crippen LogP contribution in [0.3, 0.4) is 0 Å². The van der Waals surface area contributed by atoms with Crippen LogP contribution in [0, 0.1) is 0 Å². The monoisotopic (exact) mass is 534 g/mol. The lowest BCUT2D eigenvalue weighted by molar-refractivity contribution is -0.119. The normalized spacial score (nSPS) is 13.8. The zero-order valence-electron chi connectivity index (χ0n) is 18.4. The Labute approximate surface area is 211 Å². The Morgan fingerprint density at radius 1 is 1.17 bits per heavy atom. The van der Waals surface area contributed by atoms with E-state index in [1.54, 1.807) is 42.6 Å². The first-order valence-corrected chi connectivity index (χ1v) is 12.8. The Morgan fingerprint density at radius 2 is 1.89 bits per heavy atom. The predicted octanol–water partition coefficient (Wildman–Crippen LogP) is 3.83. The Balaban J connectivity index is 1.67. The van der Waals surface area contributed by atoms with E-state index in [1.807, 2.05) is 0 Å². The summed E-state index contributed by atoms with van der Waals surface area (Å²) in [5.74, 6) is -0.562. The van der Waals surface area contributed by atoms with Crippen molar-refractivity contribution < 1.29 is 23.2 Å². The van der Waals surface area contributed by atoms with E-state index >= 15 is 0 Å². The molecule has 0 fully saturated rings. The fraction of sp³-hybridized carbons (Fsp3) is 0.174. The van der Waals surface area contributed by atoms with Gasteiger partial charge in [-0.1, -0.05) is 41.4 Å². The van der Waals surface area contributed by atoms with Crippen LogP contribution < -0.4 is 10.4 Å². The van der Waals surface area contributed by atoms with Gasteiger partial charge in [0, 0.05) is 28.6 Å². The molecule has 1 aliphatic heterocycles. The summed E-state index contributed by atoms with van der Waals surface area (Å²) < 4.78 is 24.6. The van der Waals surface area contributed by atoms with E-state index in [0.29, 0.717) is 33.3 Å². The number of fused-ring (bicyclic) bond motifs is 1. The average Bonchev–Trinajstić information content (AvgIpc) is 2.95. The van der Waals surface area contributed by atoms with Crippen LogP contribution in [-0.4, -0.2) is 48.9 Å². The van der Waals surface area contributed by atoms with Gasteiger partial charge in [0.2, 0.25) is 5.95 Å². The summed E-state index contributed by atoms with van der Waals surface area (Å²) >= 11 is 12.7. The number of amides is 1. The van der Waals surface area contributed by atoms with Crippen LogP contribution in [0.1, 0.15) is 11.1 Å². The smallest absolute Gasteiger partial charge is 0.284 e. The van der Waals surface area contributed by atoms with Crippen molar-refractivity contribution in [2.24, 2.45) is 0 Å². The summed E-state index contributed by atoms with van der Waals surface area (Å²) in [5, 5.41) is 13.6. The minimum Gasteiger partial charge on any atom is -0.395 e. The van der Waals surface area contributed by atoms with Gasteiger partial charge in [0.15, 0.2) is 15.7 Å². The van der Waals surface area contributed by atoms with E-state index in [9.17, 15) is 13.2 Å². The maximum atomic E-state index is 13.4. The van der Waals surface area contributed by atoms with Crippen LogP contribution >= 0.6 is 23.2 Å². The van der Waals surface area contributed by atoms with Crippen molar-refractivity contribution in [3.8, 4) is 0 Å². The molecule has 1 aliphatic rings. The van der Waals surface area contributed by atoms with E-state index in [4.69, 9.17) is 33.1 Å². The number of allylic oxidation sites excluding steroid dienone is 1. The molecule has 182 valence electrons. The predicted molar refractivity (Wildman–Crippen MR) is 134 cm³/mol. The zero-order chi connectivity index (χ0) is 25.2. The number of nitrogens with one attached hydrogen (secondary N) is 1. The number of carbonyl (C=O) groups excluding carboxylic acids is 1. The number of aromatic nitrogens is 2. The lowest BCUT2D eigenvalue weighted by Crippen LogP contribution is -2.31. The van der Waals surface area contributed by atoms with Crippen LogP contribution in [0.5, 0.6) is 0 Å². The molecule has 2 heterocycles. The molecule has 1 amide bonds. The number of hydrogen-bond acceptors (Lipinski definition) is 8. The summed E-state index contributed by atoms with van der Waals surface area (Å²) in [6.45, 7) is -0.482. The number of hydrogen-bond donors (Lipinski definition) is 2. The molecule has 3 aromatic rings. The SMILES string of the molecule is CON1C(=O)C(c2c(Cl)cccc2Cl)=CCc2cnc(Nc3cccc(S(=O)(=O)CCO)c3)nc21. The molecule has 0 spiro atoms. The highest BCUT2D eigenvalue weighted by atomic mass is 35.5. The summed E-state index contributed by atoms with van der Waals surface area (Å²) in [5.41, 5.74) is 1.68. The number of aliphatic hydroxyl groups excluding tert-OH is 1. The van der Waals surface area contributed by atoms with Crippen molar-refractivity contribution in [1.29, 1.82) is 0 Å². The van der Waals surface area contributed by atoms with Gasteiger partial charge in [-0.25, -0.2) is 13.4 Å². The van der Waals surface area contributed by atoms with Crippen molar-refractivity contribution >= 4 is 62.0 Å². The summed E-state index contributed by atoms with van der Waals surface area (Å²) in [6.07, 6.45) is 3.55. The molecule has 0 atom stereocenters. The molecule has 0 bridgehead atoms. The lowest BCUT2D eigenvalue weighted by atomic mass is 10.0. The topological polar surface area (TPSA) is 122 Å². The van der Waals surface area contributed by atoms with Gasteiger partial charge in [-0.2, -0.15) is 10.0 Å². The minimum absolute atomic E-state index is 0.0467. The van der Waals surface area contributed by atoms with E-state index in [0.717, 1.165) is 5.06 Å². The number of nitrogens with zero attached hydrogens (tertiary/aromatic N) is 3. The molecular weight excluding hydrogens is 515 g/mol. The molecule has 35 heavy (non-hydrogen) atoms. The highest BCUT2D eigenvalue weighted by molar-refractivity contribution is 7.91. The van der Waals surface area contributed by atoms with Gasteiger partial charge in [0.25, 0.3) is 5.91 Å². The third-order valence-corrected chi connectivity index (χ3v) is 7.52. The Kier molecular flexibility index (Phi) is 7.39. The second-order valence-corrected chi connectivity index (χ2v) is 10.4. The molecule has 9 nitrogen and oxygen atoms in total. The number of carbonyl (C=O) groups is 1. The van der Waals surface area contributed by atoms with E-state index < -0.39 is 22.4 Å². The van der Waals surface area contributed by atoms with Gasteiger partial charge in [0.05, 0.1) is 34.4 Å². The molecule has 0 unspecified atom stereocenters. The van der Waals surface area contributed by atoms with Crippen molar-refractivity contribution in [3.05, 3.63) is 75.9 Å². The van der Waals surface area contributed by atoms with Crippen LogP contribution in [0.25, 0.3) is 5.57 Å². The number of aliphatic hydroxyl groups is 1. The molecule has 0 aliphatic carbocycles. The van der Waals surface area contributed by atoms with Gasteiger partial charge < -0.3 is 10.4 Å². The first kappa shape index (κ1) is 25.1. The standard InChI is InChI=1S/C23H20Cl2N4O5S/c1-34-29-21-14(8-9-17(22(29)31)20-18(24)6-3-7-19(20)25)13-26-23(28-21)27-15-4-2-5-16(12-15)35(32,33)11-10-30/h2-7,9,12-13,30H,8,10-11H2,1H3,(H,26,27,28). The fourth-order valence-corrected chi connectivity index (χ4v) is 5.22. The summed E-state index contributed by atoms with van der Waals surface area (Å²) in [6, 6.07) is 11.0. The average molecular weight is 535 g/mol. The third-order valence-electron chi connectivity index (χ3n) is 5.20. The van der Waals surface area contributed by atoms with Gasteiger partial charge in [-0.15, -0.1) is 0 Å². The van der Waals surface area contributed by atoms with Gasteiger partial charge in [-0.05, 0) is 36.8 Å². The maximum Gasteiger partial charge on any atom is 0.284 e. The first-order valence-electron chi connectivity index (χ1n) is 10.3. The third kappa shape index (κ3) is 5.16. The van der Waals surface area contributed by atoms with Gasteiger partial charge in [0.1, 0.15) is 0 Å². The Bertz CT molecular complexity index is 1410. The van der Waals surface area contributed by atoms with Crippen molar-refractivity contribution in [2.45, 2.75) is 11.3 Å². The molecule has 0 radical (unpaired) electrons. The second kappa shape index (κ2) is 10.3. The number of hydroxylamine groups is 1. The van der Waals surface area contributed by atoms with Crippen molar-refractivity contribution in [2.75, 3.05) is 29.8 Å². The van der Waals surface area contributed by atoms with E-state index in [2.05, 4.69) is 15.3 Å². The summed E-state index contributed by atoms with van der Waals surface area (Å²) in [7, 11) is -2.30. The highest BCUT2D eigenvalue weighted by Crippen LogP contribution is 2.36. The van der Waals surface area contributed by atoms with Crippen LogP contribution in [0.4, 0.5) is 17.5 Å². The number of benzene rings is 2. The molecular formula is C23H20Cl2N4O5S. The minimum atomic E-state index is -3.64. The molecule has 4 rings (SSSR count). The van der Waals surface area contributed by atoms with Crippen molar-refractivity contribution in [3.63, 3.8) is 0 Å². The molecule has 0 saturated heterocycles. The molecule has 12 heteroatoms. The molecule has 2 aromatic carbocycles. The first-order chi connectivity index (χ1) is 16.7. The van der Waals surface area contributed by atoms with E-state index in [-0.39, 0.29) is 28.0 Å². The summed E-state index contributed by atoms with van der Waals surface area (Å²) in [4.78, 5) is 27.5. The molecule has 1 aromatic heterocycles. The highest BCUT2D eigenvalue weighted by Gasteiger charge is 2.30. The number of anilines is 3. The van der Waals surface area contributed by atoms with E-state index in [1.165, 1.54) is 19.2 Å². The molecule has 2 N–H and O–H groups in total. The quantitative estimate of drug-likeness (QED) is 0.468. The van der Waals surface area contributed by atoms with Crippen molar-refractivity contribution in [1.82, 2.24) is 9.97 Å². The van der Waals surface area contributed by atoms with Crippen LogP contribution in [0.15, 0.2) is 59.6 Å². The Morgan fingerprint density at radius 3 is 2.57 bits per heavy atom. The van der Waals surface area contributed by atoms with Crippen LogP contribution in [0.2, 0.25) is 10.0 Å². The lowest BCUT2D eigenvalue weighted by Gasteiger charge is -2.21. The van der Waals surface area contributed by atoms with Gasteiger partial charge in [-0.3, -0.25) is 9.63 Å². The maximum absolute atomic E-state index is 13.4. The second-order valence-electron chi connectivity index (χ2n) is 7.44. The fourth-order valence-electron chi connectivity index (χ4n) is 3.55. The largest absolute Gasteiger partial charge is 0.395 e.